The van der Waals surface area contributed by atoms with E-state index in [4.69, 9.17) is 14.6 Å². The highest BCUT2D eigenvalue weighted by molar-refractivity contribution is 5.80. The molecule has 0 saturated carbocycles. The van der Waals surface area contributed by atoms with Crippen LogP contribution in [0.5, 0.6) is 0 Å². The predicted molar refractivity (Wildman–Crippen MR) is 81.5 cm³/mol. The summed E-state index contributed by atoms with van der Waals surface area (Å²) in [4.78, 5) is 22.7. The Labute approximate surface area is 138 Å². The van der Waals surface area contributed by atoms with E-state index in [1.165, 1.54) is 13.0 Å². The highest BCUT2D eigenvalue weighted by Gasteiger charge is 2.24. The van der Waals surface area contributed by atoms with Gasteiger partial charge in [0.1, 0.15) is 17.2 Å². The minimum absolute atomic E-state index is 0.247. The number of carbonyl (C=O) groups is 2. The summed E-state index contributed by atoms with van der Waals surface area (Å²) in [5.74, 6) is -2.89. The van der Waals surface area contributed by atoms with Crippen molar-refractivity contribution < 1.29 is 33.0 Å². The molecule has 1 rings (SSSR count). The zero-order chi connectivity index (χ0) is 18.5. The molecule has 0 fully saturated rings. The number of nitrogens with one attached hydrogen (secondary N) is 1. The van der Waals surface area contributed by atoms with Gasteiger partial charge in [0, 0.05) is 5.56 Å². The predicted octanol–water partition coefficient (Wildman–Crippen LogP) is 2.77. The molecule has 8 heteroatoms. The first-order valence-electron chi connectivity index (χ1n) is 7.25. The van der Waals surface area contributed by atoms with Crippen LogP contribution in [0.3, 0.4) is 0 Å². The first-order chi connectivity index (χ1) is 11.0. The van der Waals surface area contributed by atoms with Crippen LogP contribution in [0.1, 0.15) is 31.9 Å². The van der Waals surface area contributed by atoms with Crippen molar-refractivity contribution in [2.45, 2.75) is 45.9 Å². The molecule has 6 nitrogen and oxygen atoms in total. The molecule has 1 atom stereocenters. The fourth-order valence-electron chi connectivity index (χ4n) is 1.75. The molecule has 134 valence electrons. The molecule has 0 bridgehead atoms. The van der Waals surface area contributed by atoms with Crippen LogP contribution in [0.25, 0.3) is 0 Å². The second kappa shape index (κ2) is 8.05. The van der Waals surface area contributed by atoms with Crippen molar-refractivity contribution in [3.05, 3.63) is 34.9 Å². The van der Waals surface area contributed by atoms with Gasteiger partial charge in [0.15, 0.2) is 6.04 Å². The summed E-state index contributed by atoms with van der Waals surface area (Å²) in [5.41, 5.74) is -0.838. The van der Waals surface area contributed by atoms with E-state index in [0.29, 0.717) is 0 Å². The molecule has 1 aromatic rings. The molecular formula is C16H21F2NO5. The monoisotopic (exact) mass is 345 g/mol. The minimum atomic E-state index is -1.41. The number of carbonyl (C=O) groups excluding carboxylic acids is 1. The normalized spacial score (nSPS) is 12.6. The summed E-state index contributed by atoms with van der Waals surface area (Å²) < 4.78 is 37.4. The lowest BCUT2D eigenvalue weighted by atomic mass is 10.1. The molecule has 0 radical (unpaired) electrons. The maximum Gasteiger partial charge on any atom is 0.408 e. The summed E-state index contributed by atoms with van der Waals surface area (Å²) in [6, 6.07) is 0.985. The Morgan fingerprint density at radius 2 is 1.92 bits per heavy atom. The van der Waals surface area contributed by atoms with Gasteiger partial charge in [0.25, 0.3) is 0 Å². The second-order valence-electron chi connectivity index (χ2n) is 6.21. The molecule has 0 aliphatic heterocycles. The average Bonchev–Trinajstić information content (AvgIpc) is 2.43. The number of carboxylic acid groups (broad SMARTS) is 1. The van der Waals surface area contributed by atoms with E-state index >= 15 is 0 Å². The van der Waals surface area contributed by atoms with E-state index in [1.807, 2.05) is 0 Å². The van der Waals surface area contributed by atoms with Gasteiger partial charge in [-0.15, -0.1) is 0 Å². The molecule has 2 N–H and O–H groups in total. The number of halogens is 2. The third-order valence-electron chi connectivity index (χ3n) is 2.90. The van der Waals surface area contributed by atoms with Crippen molar-refractivity contribution in [2.24, 2.45) is 0 Å². The van der Waals surface area contributed by atoms with Crippen molar-refractivity contribution in [3.63, 3.8) is 0 Å². The molecule has 0 heterocycles. The number of aryl methyl sites for hydroxylation is 1. The third-order valence-corrected chi connectivity index (χ3v) is 2.90. The van der Waals surface area contributed by atoms with Gasteiger partial charge in [-0.25, -0.2) is 18.4 Å². The Bertz CT molecular complexity index is 613. The fourth-order valence-corrected chi connectivity index (χ4v) is 1.75. The van der Waals surface area contributed by atoms with Crippen molar-refractivity contribution in [1.82, 2.24) is 5.32 Å². The van der Waals surface area contributed by atoms with E-state index in [-0.39, 0.29) is 11.1 Å². The van der Waals surface area contributed by atoms with Crippen LogP contribution in [0.2, 0.25) is 0 Å². The smallest absolute Gasteiger partial charge is 0.408 e. The van der Waals surface area contributed by atoms with Crippen molar-refractivity contribution in [1.29, 1.82) is 0 Å². The maximum atomic E-state index is 13.8. The Kier molecular flexibility index (Phi) is 6.65. The van der Waals surface area contributed by atoms with Gasteiger partial charge in [0.05, 0.1) is 13.2 Å². The number of benzene rings is 1. The Hall–Kier alpha value is -2.22. The molecule has 1 aromatic carbocycles. The van der Waals surface area contributed by atoms with Gasteiger partial charge >= 0.3 is 12.1 Å². The molecule has 0 spiro atoms. The lowest BCUT2D eigenvalue weighted by Crippen LogP contribution is -2.46. The first kappa shape index (κ1) is 19.8. The standard InChI is InChI=1S/C16H21F2NO5/c1-9-5-6-11(17)10(13(9)18)7-23-8-12(14(20)21)19-15(22)24-16(2,3)4/h5-6,12H,7-8H2,1-4H3,(H,19,22)(H,20,21)/t12-/m1/s1. The van der Waals surface area contributed by atoms with E-state index in [9.17, 15) is 18.4 Å². The van der Waals surface area contributed by atoms with Gasteiger partial charge in [-0.3, -0.25) is 0 Å². The summed E-state index contributed by atoms with van der Waals surface area (Å²) in [5, 5.41) is 11.2. The van der Waals surface area contributed by atoms with E-state index in [2.05, 4.69) is 5.32 Å². The molecular weight excluding hydrogens is 324 g/mol. The second-order valence-corrected chi connectivity index (χ2v) is 6.21. The number of alkyl carbamates (subject to hydrolysis) is 1. The van der Waals surface area contributed by atoms with Crippen molar-refractivity contribution >= 4 is 12.1 Å². The number of ether oxygens (including phenoxy) is 2. The molecule has 24 heavy (non-hydrogen) atoms. The number of amides is 1. The van der Waals surface area contributed by atoms with Gasteiger partial charge in [-0.2, -0.15) is 0 Å². The van der Waals surface area contributed by atoms with Crippen LogP contribution >= 0.6 is 0 Å². The lowest BCUT2D eigenvalue weighted by Gasteiger charge is -2.22. The van der Waals surface area contributed by atoms with Crippen LogP contribution in [0.4, 0.5) is 13.6 Å². The zero-order valence-electron chi connectivity index (χ0n) is 14.0. The van der Waals surface area contributed by atoms with Crippen molar-refractivity contribution in [3.8, 4) is 0 Å². The first-order valence-corrected chi connectivity index (χ1v) is 7.25. The largest absolute Gasteiger partial charge is 0.480 e. The number of aliphatic carboxylic acids is 1. The summed E-state index contributed by atoms with van der Waals surface area (Å²) in [7, 11) is 0. The quantitative estimate of drug-likeness (QED) is 0.828. The highest BCUT2D eigenvalue weighted by atomic mass is 19.1. The molecule has 0 unspecified atom stereocenters. The van der Waals surface area contributed by atoms with Crippen LogP contribution < -0.4 is 5.32 Å². The molecule has 0 saturated heterocycles. The van der Waals surface area contributed by atoms with Crippen LogP contribution in [-0.2, 0) is 20.9 Å². The lowest BCUT2D eigenvalue weighted by molar-refractivity contribution is -0.141. The molecule has 1 amide bonds. The number of carboxylic acids is 1. The van der Waals surface area contributed by atoms with E-state index in [1.54, 1.807) is 20.8 Å². The summed E-state index contributed by atoms with van der Waals surface area (Å²) in [6.07, 6.45) is -0.925. The number of hydrogen-bond acceptors (Lipinski definition) is 4. The van der Waals surface area contributed by atoms with E-state index < -0.39 is 48.6 Å². The fraction of sp³-hybridized carbons (Fsp3) is 0.500. The number of rotatable bonds is 6. The van der Waals surface area contributed by atoms with Crippen LogP contribution in [0, 0.1) is 18.6 Å². The Balaban J connectivity index is 2.64. The molecule has 0 aliphatic rings. The van der Waals surface area contributed by atoms with Gasteiger partial charge in [0.2, 0.25) is 0 Å². The van der Waals surface area contributed by atoms with Gasteiger partial charge < -0.3 is 19.9 Å². The van der Waals surface area contributed by atoms with Gasteiger partial charge in [-0.1, -0.05) is 6.07 Å². The zero-order valence-corrected chi connectivity index (χ0v) is 14.0. The van der Waals surface area contributed by atoms with Crippen molar-refractivity contribution in [2.75, 3.05) is 6.61 Å². The highest BCUT2D eigenvalue weighted by Crippen LogP contribution is 2.17. The third kappa shape index (κ3) is 6.11. The van der Waals surface area contributed by atoms with Crippen LogP contribution in [-0.4, -0.2) is 35.4 Å². The van der Waals surface area contributed by atoms with Gasteiger partial charge in [-0.05, 0) is 39.3 Å². The topological polar surface area (TPSA) is 84.9 Å². The Morgan fingerprint density at radius 1 is 1.29 bits per heavy atom. The minimum Gasteiger partial charge on any atom is -0.480 e. The average molecular weight is 345 g/mol. The maximum absolute atomic E-state index is 13.8. The molecule has 0 aliphatic carbocycles. The molecule has 0 aromatic heterocycles. The van der Waals surface area contributed by atoms with E-state index in [0.717, 1.165) is 6.07 Å². The summed E-state index contributed by atoms with van der Waals surface area (Å²) in [6.45, 7) is 5.43. The Morgan fingerprint density at radius 3 is 2.46 bits per heavy atom. The SMILES string of the molecule is Cc1ccc(F)c(COC[C@@H](NC(=O)OC(C)(C)C)C(=O)O)c1F. The number of hydrogen-bond donors (Lipinski definition) is 2. The summed E-state index contributed by atoms with van der Waals surface area (Å²) >= 11 is 0. The van der Waals surface area contributed by atoms with Crippen LogP contribution in [0.15, 0.2) is 12.1 Å².